The minimum atomic E-state index is -1.78. The second kappa shape index (κ2) is 9.75. The first-order valence-corrected chi connectivity index (χ1v) is 9.75. The fourth-order valence-electron chi connectivity index (χ4n) is 3.71. The molecule has 1 fully saturated rings. The monoisotopic (exact) mass is 357 g/mol. The summed E-state index contributed by atoms with van der Waals surface area (Å²) in [5, 5.41) is 20.7. The predicted molar refractivity (Wildman–Crippen MR) is 104 cm³/mol. The van der Waals surface area contributed by atoms with Gasteiger partial charge in [0, 0.05) is 12.3 Å². The Hall–Kier alpha value is -1.83. The molecule has 0 heterocycles. The lowest BCUT2D eigenvalue weighted by atomic mass is 9.73. The zero-order valence-corrected chi connectivity index (χ0v) is 16.0. The van der Waals surface area contributed by atoms with Gasteiger partial charge in [-0.05, 0) is 37.1 Å². The van der Waals surface area contributed by atoms with Crippen molar-refractivity contribution in [2.24, 2.45) is 5.92 Å². The highest BCUT2D eigenvalue weighted by molar-refractivity contribution is 5.79. The molecule has 2 rings (SSSR count). The van der Waals surface area contributed by atoms with Gasteiger partial charge in [0.05, 0.1) is 6.54 Å². The van der Waals surface area contributed by atoms with Gasteiger partial charge < -0.3 is 10.2 Å². The number of carboxylic acid groups (broad SMARTS) is 1. The molecule has 0 aromatic heterocycles. The van der Waals surface area contributed by atoms with Crippen molar-refractivity contribution in [2.75, 3.05) is 19.6 Å². The van der Waals surface area contributed by atoms with Crippen LogP contribution in [0.4, 0.5) is 0 Å². The summed E-state index contributed by atoms with van der Waals surface area (Å²) in [4.78, 5) is 14.1. The normalized spacial score (nSPS) is 17.4. The lowest BCUT2D eigenvalue weighted by molar-refractivity contribution is -0.168. The van der Waals surface area contributed by atoms with Crippen LogP contribution in [0.3, 0.4) is 0 Å². The number of aliphatic carboxylic acids is 1. The summed E-state index contributed by atoms with van der Waals surface area (Å²) in [5.41, 5.74) is -0.262. The van der Waals surface area contributed by atoms with Crippen LogP contribution in [-0.4, -0.2) is 40.7 Å². The summed E-state index contributed by atoms with van der Waals surface area (Å²) in [6, 6.07) is 7.28. The average Bonchev–Trinajstić information content (AvgIpc) is 2.68. The minimum absolute atomic E-state index is 0.214. The maximum Gasteiger partial charge on any atom is 0.340 e. The highest BCUT2D eigenvalue weighted by Crippen LogP contribution is 2.39. The van der Waals surface area contributed by atoms with E-state index in [0.29, 0.717) is 12.0 Å². The van der Waals surface area contributed by atoms with E-state index >= 15 is 0 Å². The molecule has 1 aromatic rings. The van der Waals surface area contributed by atoms with Crippen molar-refractivity contribution in [3.05, 3.63) is 35.4 Å². The fraction of sp³-hybridized carbons (Fsp3) is 0.591. The first kappa shape index (κ1) is 20.5. The third-order valence-electron chi connectivity index (χ3n) is 5.53. The highest BCUT2D eigenvalue weighted by atomic mass is 16.4. The molecular weight excluding hydrogens is 326 g/mol. The SMILES string of the molecule is CCN(CC)CC#CCc1ccc([C@@](O)(C(=O)O)C2CCCCC2)cc1. The van der Waals surface area contributed by atoms with Gasteiger partial charge in [-0.3, -0.25) is 4.90 Å². The minimum Gasteiger partial charge on any atom is -0.479 e. The lowest BCUT2D eigenvalue weighted by Gasteiger charge is -2.35. The predicted octanol–water partition coefficient (Wildman–Crippen LogP) is 3.43. The second-order valence-corrected chi connectivity index (χ2v) is 7.10. The molecule has 0 unspecified atom stereocenters. The van der Waals surface area contributed by atoms with Gasteiger partial charge in [0.1, 0.15) is 0 Å². The topological polar surface area (TPSA) is 60.8 Å². The van der Waals surface area contributed by atoms with E-state index in [-0.39, 0.29) is 5.92 Å². The smallest absolute Gasteiger partial charge is 0.340 e. The fourth-order valence-corrected chi connectivity index (χ4v) is 3.71. The Labute approximate surface area is 157 Å². The molecule has 1 aliphatic rings. The Kier molecular flexibility index (Phi) is 7.68. The van der Waals surface area contributed by atoms with Crippen molar-refractivity contribution in [1.29, 1.82) is 0 Å². The molecule has 1 aromatic carbocycles. The molecule has 0 saturated heterocycles. The molecule has 0 bridgehead atoms. The van der Waals surface area contributed by atoms with Crippen LogP contribution >= 0.6 is 0 Å². The number of benzene rings is 1. The number of hydrogen-bond donors (Lipinski definition) is 2. The summed E-state index contributed by atoms with van der Waals surface area (Å²) in [5.74, 6) is 5.00. The van der Waals surface area contributed by atoms with Crippen LogP contribution < -0.4 is 0 Å². The van der Waals surface area contributed by atoms with E-state index in [4.69, 9.17) is 0 Å². The zero-order valence-electron chi connectivity index (χ0n) is 16.0. The van der Waals surface area contributed by atoms with Gasteiger partial charge in [-0.25, -0.2) is 4.79 Å². The average molecular weight is 357 g/mol. The van der Waals surface area contributed by atoms with E-state index in [1.807, 2.05) is 12.1 Å². The molecule has 4 heteroatoms. The molecule has 26 heavy (non-hydrogen) atoms. The third kappa shape index (κ3) is 4.87. The van der Waals surface area contributed by atoms with E-state index in [9.17, 15) is 15.0 Å². The largest absolute Gasteiger partial charge is 0.479 e. The van der Waals surface area contributed by atoms with Crippen LogP contribution in [0.15, 0.2) is 24.3 Å². The van der Waals surface area contributed by atoms with Crippen molar-refractivity contribution in [2.45, 2.75) is 58.0 Å². The van der Waals surface area contributed by atoms with E-state index in [2.05, 4.69) is 30.6 Å². The molecular formula is C22H31NO3. The zero-order chi connectivity index (χ0) is 19.0. The second-order valence-electron chi connectivity index (χ2n) is 7.10. The molecule has 0 aliphatic heterocycles. The van der Waals surface area contributed by atoms with E-state index < -0.39 is 11.6 Å². The summed E-state index contributed by atoms with van der Waals surface area (Å²) in [6.07, 6.45) is 5.26. The first-order valence-electron chi connectivity index (χ1n) is 9.75. The van der Waals surface area contributed by atoms with E-state index in [0.717, 1.165) is 57.3 Å². The van der Waals surface area contributed by atoms with Gasteiger partial charge in [0.2, 0.25) is 0 Å². The molecule has 0 amide bonds. The van der Waals surface area contributed by atoms with Crippen molar-refractivity contribution in [3.63, 3.8) is 0 Å². The Bertz CT molecular complexity index is 634. The maximum atomic E-state index is 11.9. The standard InChI is InChI=1S/C22H31NO3/c1-3-23(4-2)17-9-8-10-18-13-15-20(16-14-18)22(26,21(24)25)19-11-6-5-7-12-19/h13-16,19,26H,3-7,10-12,17H2,1-2H3,(H,24,25)/t22-/m1/s1. The number of aliphatic hydroxyl groups is 1. The van der Waals surface area contributed by atoms with Crippen molar-refractivity contribution < 1.29 is 15.0 Å². The first-order chi connectivity index (χ1) is 12.5. The molecule has 1 saturated carbocycles. The van der Waals surface area contributed by atoms with Crippen LogP contribution in [0.1, 0.15) is 57.1 Å². The molecule has 4 nitrogen and oxygen atoms in total. The van der Waals surface area contributed by atoms with Crippen molar-refractivity contribution in [3.8, 4) is 11.8 Å². The van der Waals surface area contributed by atoms with Gasteiger partial charge in [0.25, 0.3) is 0 Å². The summed E-state index contributed by atoms with van der Waals surface area (Å²) in [6.45, 7) is 7.01. The third-order valence-corrected chi connectivity index (χ3v) is 5.53. The highest BCUT2D eigenvalue weighted by Gasteiger charge is 2.45. The van der Waals surface area contributed by atoms with Crippen LogP contribution in [0, 0.1) is 17.8 Å². The number of hydrogen-bond acceptors (Lipinski definition) is 3. The van der Waals surface area contributed by atoms with Gasteiger partial charge in [0.15, 0.2) is 5.60 Å². The lowest BCUT2D eigenvalue weighted by Crippen LogP contribution is -2.43. The molecule has 142 valence electrons. The van der Waals surface area contributed by atoms with E-state index in [1.165, 1.54) is 0 Å². The molecule has 0 spiro atoms. The van der Waals surface area contributed by atoms with Crippen LogP contribution in [0.25, 0.3) is 0 Å². The van der Waals surface area contributed by atoms with Gasteiger partial charge in [-0.15, -0.1) is 0 Å². The summed E-state index contributed by atoms with van der Waals surface area (Å²) in [7, 11) is 0. The summed E-state index contributed by atoms with van der Waals surface area (Å²) < 4.78 is 0. The Morgan fingerprint density at radius 3 is 2.27 bits per heavy atom. The number of nitrogens with zero attached hydrogens (tertiary/aromatic N) is 1. The number of rotatable bonds is 7. The number of carboxylic acids is 1. The van der Waals surface area contributed by atoms with Gasteiger partial charge in [-0.1, -0.05) is 69.2 Å². The van der Waals surface area contributed by atoms with Gasteiger partial charge in [-0.2, -0.15) is 0 Å². The van der Waals surface area contributed by atoms with Gasteiger partial charge >= 0.3 is 5.97 Å². The Balaban J connectivity index is 2.07. The van der Waals surface area contributed by atoms with Crippen LogP contribution in [-0.2, 0) is 16.8 Å². The molecule has 0 radical (unpaired) electrons. The Morgan fingerprint density at radius 1 is 1.12 bits per heavy atom. The van der Waals surface area contributed by atoms with E-state index in [1.54, 1.807) is 12.1 Å². The molecule has 2 N–H and O–H groups in total. The number of carbonyl (C=O) groups is 1. The summed E-state index contributed by atoms with van der Waals surface area (Å²) >= 11 is 0. The van der Waals surface area contributed by atoms with Crippen molar-refractivity contribution >= 4 is 5.97 Å². The van der Waals surface area contributed by atoms with Crippen LogP contribution in [0.5, 0.6) is 0 Å². The maximum absolute atomic E-state index is 11.9. The van der Waals surface area contributed by atoms with Crippen LogP contribution in [0.2, 0.25) is 0 Å². The van der Waals surface area contributed by atoms with Crippen molar-refractivity contribution in [1.82, 2.24) is 4.90 Å². The molecule has 1 aliphatic carbocycles. The quantitative estimate of drug-likeness (QED) is 0.734. The molecule has 1 atom stereocenters. The Morgan fingerprint density at radius 2 is 1.73 bits per heavy atom.